The molecule has 1 fully saturated rings. The molecule has 1 aliphatic rings. The van der Waals surface area contributed by atoms with Crippen LogP contribution < -0.4 is 10.6 Å². The lowest BCUT2D eigenvalue weighted by molar-refractivity contribution is 0.242. The standard InChI is InChI=1S/C15H19FN6S/c1-23-15-19-13(18-14(17)20-15)10-21-6-8-22(9-7-21)12-5-3-2-4-11(12)16/h2-5H,6-10H2,1H3,(H2,17,18,19,20). The average Bonchev–Trinajstić information content (AvgIpc) is 2.55. The van der Waals surface area contributed by atoms with E-state index in [1.54, 1.807) is 6.07 Å². The maximum Gasteiger partial charge on any atom is 0.224 e. The number of hydrogen-bond acceptors (Lipinski definition) is 7. The summed E-state index contributed by atoms with van der Waals surface area (Å²) in [5, 5.41) is 0.637. The molecular weight excluding hydrogens is 315 g/mol. The molecule has 0 unspecified atom stereocenters. The molecule has 1 aliphatic heterocycles. The van der Waals surface area contributed by atoms with E-state index in [1.807, 2.05) is 18.4 Å². The van der Waals surface area contributed by atoms with Crippen LogP contribution in [0.4, 0.5) is 16.0 Å². The Bertz CT molecular complexity index is 675. The molecule has 1 saturated heterocycles. The Morgan fingerprint density at radius 2 is 1.87 bits per heavy atom. The van der Waals surface area contributed by atoms with Crippen molar-refractivity contribution in [2.75, 3.05) is 43.1 Å². The zero-order valence-electron chi connectivity index (χ0n) is 12.9. The number of hydrogen-bond donors (Lipinski definition) is 1. The maximum absolute atomic E-state index is 13.8. The van der Waals surface area contributed by atoms with Gasteiger partial charge >= 0.3 is 0 Å². The van der Waals surface area contributed by atoms with E-state index in [4.69, 9.17) is 5.73 Å². The number of halogens is 1. The van der Waals surface area contributed by atoms with E-state index >= 15 is 0 Å². The molecule has 3 rings (SSSR count). The van der Waals surface area contributed by atoms with Gasteiger partial charge in [-0.05, 0) is 18.4 Å². The lowest BCUT2D eigenvalue weighted by atomic mass is 10.2. The van der Waals surface area contributed by atoms with Crippen molar-refractivity contribution in [1.82, 2.24) is 19.9 Å². The van der Waals surface area contributed by atoms with Crippen LogP contribution in [0.5, 0.6) is 0 Å². The molecule has 1 aromatic carbocycles. The van der Waals surface area contributed by atoms with E-state index in [-0.39, 0.29) is 11.8 Å². The van der Waals surface area contributed by atoms with Crippen molar-refractivity contribution in [3.8, 4) is 0 Å². The summed E-state index contributed by atoms with van der Waals surface area (Å²) in [7, 11) is 0. The van der Waals surface area contributed by atoms with Gasteiger partial charge in [-0.2, -0.15) is 9.97 Å². The number of nitrogens with two attached hydrogens (primary N) is 1. The van der Waals surface area contributed by atoms with Gasteiger partial charge in [0.1, 0.15) is 11.6 Å². The van der Waals surface area contributed by atoms with Crippen LogP contribution in [0.1, 0.15) is 5.82 Å². The zero-order chi connectivity index (χ0) is 16.2. The number of rotatable bonds is 4. The molecule has 23 heavy (non-hydrogen) atoms. The molecule has 0 saturated carbocycles. The summed E-state index contributed by atoms with van der Waals surface area (Å²) in [5.41, 5.74) is 6.38. The molecule has 2 N–H and O–H groups in total. The van der Waals surface area contributed by atoms with Gasteiger partial charge in [-0.1, -0.05) is 23.9 Å². The summed E-state index contributed by atoms with van der Waals surface area (Å²) in [6.07, 6.45) is 1.91. The first-order valence-corrected chi connectivity index (χ1v) is 8.64. The van der Waals surface area contributed by atoms with Crippen molar-refractivity contribution < 1.29 is 4.39 Å². The van der Waals surface area contributed by atoms with E-state index < -0.39 is 0 Å². The fourth-order valence-corrected chi connectivity index (χ4v) is 3.01. The minimum atomic E-state index is -0.171. The third-order valence-electron chi connectivity index (χ3n) is 3.79. The molecule has 2 aromatic rings. The SMILES string of the molecule is CSc1nc(N)nc(CN2CCN(c3ccccc3F)CC2)n1. The third kappa shape index (κ3) is 3.89. The van der Waals surface area contributed by atoms with Crippen molar-refractivity contribution in [2.45, 2.75) is 11.7 Å². The number of nitrogens with zero attached hydrogens (tertiary/aromatic N) is 5. The number of anilines is 2. The fraction of sp³-hybridized carbons (Fsp3) is 0.400. The van der Waals surface area contributed by atoms with Crippen LogP contribution in [0.3, 0.4) is 0 Å². The fourth-order valence-electron chi connectivity index (χ4n) is 2.63. The number of para-hydroxylation sites is 1. The van der Waals surface area contributed by atoms with Crippen molar-refractivity contribution in [3.05, 3.63) is 35.9 Å². The zero-order valence-corrected chi connectivity index (χ0v) is 13.8. The van der Waals surface area contributed by atoms with Crippen LogP contribution in [0.15, 0.2) is 29.4 Å². The van der Waals surface area contributed by atoms with Gasteiger partial charge < -0.3 is 10.6 Å². The Labute approximate surface area is 138 Å². The molecule has 1 aromatic heterocycles. The van der Waals surface area contributed by atoms with E-state index in [2.05, 4.69) is 24.8 Å². The lowest BCUT2D eigenvalue weighted by Crippen LogP contribution is -2.46. The molecule has 0 aliphatic carbocycles. The second-order valence-electron chi connectivity index (χ2n) is 5.31. The first-order valence-electron chi connectivity index (χ1n) is 7.42. The molecular formula is C15H19FN6S. The number of nitrogen functional groups attached to an aromatic ring is 1. The summed E-state index contributed by atoms with van der Waals surface area (Å²) in [6.45, 7) is 3.84. The highest BCUT2D eigenvalue weighted by Gasteiger charge is 2.20. The molecule has 0 bridgehead atoms. The van der Waals surface area contributed by atoms with E-state index in [1.165, 1.54) is 17.8 Å². The second-order valence-corrected chi connectivity index (χ2v) is 6.08. The van der Waals surface area contributed by atoms with Gasteiger partial charge in [0.05, 0.1) is 12.2 Å². The Hall–Kier alpha value is -1.93. The number of benzene rings is 1. The van der Waals surface area contributed by atoms with Gasteiger partial charge in [-0.3, -0.25) is 4.90 Å². The molecule has 122 valence electrons. The van der Waals surface area contributed by atoms with Crippen LogP contribution in [-0.4, -0.2) is 52.3 Å². The van der Waals surface area contributed by atoms with Crippen molar-refractivity contribution in [1.29, 1.82) is 0 Å². The second kappa shape index (κ2) is 7.10. The summed E-state index contributed by atoms with van der Waals surface area (Å²) >= 11 is 1.45. The smallest absolute Gasteiger partial charge is 0.224 e. The highest BCUT2D eigenvalue weighted by Crippen LogP contribution is 2.20. The normalized spacial score (nSPS) is 15.8. The molecule has 0 amide bonds. The summed E-state index contributed by atoms with van der Waals surface area (Å²) in [5.74, 6) is 0.765. The minimum absolute atomic E-state index is 0.171. The molecule has 8 heteroatoms. The highest BCUT2D eigenvalue weighted by atomic mass is 32.2. The Balaban J connectivity index is 1.61. The molecule has 6 nitrogen and oxygen atoms in total. The van der Waals surface area contributed by atoms with Crippen LogP contribution in [0.25, 0.3) is 0 Å². The summed E-state index contributed by atoms with van der Waals surface area (Å²) in [6, 6.07) is 6.90. The summed E-state index contributed by atoms with van der Waals surface area (Å²) < 4.78 is 13.8. The largest absolute Gasteiger partial charge is 0.368 e. The molecule has 2 heterocycles. The number of aromatic nitrogens is 3. The van der Waals surface area contributed by atoms with Crippen LogP contribution in [0.2, 0.25) is 0 Å². The molecule has 0 atom stereocenters. The predicted octanol–water partition coefficient (Wildman–Crippen LogP) is 1.64. The minimum Gasteiger partial charge on any atom is -0.368 e. The van der Waals surface area contributed by atoms with Gasteiger partial charge in [0.15, 0.2) is 5.16 Å². The molecule has 0 spiro atoms. The Morgan fingerprint density at radius 3 is 2.57 bits per heavy atom. The van der Waals surface area contributed by atoms with Gasteiger partial charge in [0, 0.05) is 26.2 Å². The highest BCUT2D eigenvalue weighted by molar-refractivity contribution is 7.98. The maximum atomic E-state index is 13.8. The lowest BCUT2D eigenvalue weighted by Gasteiger charge is -2.35. The van der Waals surface area contributed by atoms with Crippen LogP contribution >= 0.6 is 11.8 Å². The van der Waals surface area contributed by atoms with Crippen LogP contribution in [-0.2, 0) is 6.54 Å². The van der Waals surface area contributed by atoms with Gasteiger partial charge in [-0.15, -0.1) is 0 Å². The first kappa shape index (κ1) is 15.9. The van der Waals surface area contributed by atoms with Crippen molar-refractivity contribution >= 4 is 23.4 Å². The van der Waals surface area contributed by atoms with Crippen LogP contribution in [0, 0.1) is 5.82 Å². The van der Waals surface area contributed by atoms with E-state index in [0.717, 1.165) is 26.2 Å². The summed E-state index contributed by atoms with van der Waals surface area (Å²) in [4.78, 5) is 17.0. The first-order chi connectivity index (χ1) is 11.2. The monoisotopic (exact) mass is 334 g/mol. The molecule has 0 radical (unpaired) electrons. The quantitative estimate of drug-likeness (QED) is 0.852. The number of piperazine rings is 1. The topological polar surface area (TPSA) is 71.2 Å². The van der Waals surface area contributed by atoms with E-state index in [0.29, 0.717) is 23.2 Å². The van der Waals surface area contributed by atoms with Crippen molar-refractivity contribution in [2.24, 2.45) is 0 Å². The Kier molecular flexibility index (Phi) is 4.92. The van der Waals surface area contributed by atoms with Crippen molar-refractivity contribution in [3.63, 3.8) is 0 Å². The third-order valence-corrected chi connectivity index (χ3v) is 4.34. The van der Waals surface area contributed by atoms with Gasteiger partial charge in [-0.25, -0.2) is 9.37 Å². The number of thioether (sulfide) groups is 1. The van der Waals surface area contributed by atoms with Gasteiger partial charge in [0.2, 0.25) is 5.95 Å². The van der Waals surface area contributed by atoms with Gasteiger partial charge in [0.25, 0.3) is 0 Å². The average molecular weight is 334 g/mol. The Morgan fingerprint density at radius 1 is 1.13 bits per heavy atom. The van der Waals surface area contributed by atoms with E-state index in [9.17, 15) is 4.39 Å². The predicted molar refractivity (Wildman–Crippen MR) is 89.9 cm³/mol.